The minimum absolute atomic E-state index is 0.0891. The average Bonchev–Trinajstić information content (AvgIpc) is 2.09. The van der Waals surface area contributed by atoms with Crippen LogP contribution in [0.5, 0.6) is 0 Å². The van der Waals surface area contributed by atoms with Crippen LogP contribution in [0.4, 0.5) is 0 Å². The Bertz CT molecular complexity index is 163. The highest BCUT2D eigenvalue weighted by Crippen LogP contribution is 2.17. The number of methoxy groups -OCH3 is 1. The molecule has 0 amide bonds. The molecule has 0 bridgehead atoms. The number of esters is 1. The summed E-state index contributed by atoms with van der Waals surface area (Å²) >= 11 is 0. The molecule has 0 aliphatic carbocycles. The lowest BCUT2D eigenvalue weighted by atomic mass is 9.96. The number of carbonyl (C=O) groups excluding carboxylic acids is 1. The normalized spacial score (nSPS) is 25.2. The molecule has 4 heteroatoms. The highest BCUT2D eigenvalue weighted by Gasteiger charge is 2.21. The van der Waals surface area contributed by atoms with Gasteiger partial charge in [0.2, 0.25) is 0 Å². The van der Waals surface area contributed by atoms with E-state index < -0.39 is 0 Å². The Kier molecular flexibility index (Phi) is 3.60. The minimum Gasteiger partial charge on any atom is -0.469 e. The Hall–Kier alpha value is -0.505. The van der Waals surface area contributed by atoms with E-state index in [1.165, 1.54) is 20.0 Å². The fraction of sp³-hybridized carbons (Fsp3) is 0.875. The van der Waals surface area contributed by atoms with Crippen molar-refractivity contribution >= 4 is 14.0 Å². The van der Waals surface area contributed by atoms with Crippen molar-refractivity contribution in [2.45, 2.75) is 31.7 Å². The number of rotatable bonds is 2. The smallest absolute Gasteiger partial charge is 0.307 e. The Balaban J connectivity index is 2.33. The van der Waals surface area contributed by atoms with E-state index >= 15 is 0 Å². The van der Waals surface area contributed by atoms with Gasteiger partial charge in [-0.3, -0.25) is 4.79 Å². The molecule has 0 aromatic heterocycles. The van der Waals surface area contributed by atoms with Crippen LogP contribution in [0.3, 0.4) is 0 Å². The van der Waals surface area contributed by atoms with Gasteiger partial charge in [0, 0.05) is 6.04 Å². The van der Waals surface area contributed by atoms with Crippen LogP contribution in [0, 0.1) is 0 Å². The quantitative estimate of drug-likeness (QED) is 0.428. The molecule has 0 aromatic carbocycles. The van der Waals surface area contributed by atoms with Gasteiger partial charge in [-0.05, 0) is 19.4 Å². The monoisotopic (exact) mass is 169 g/mol. The molecular formula is C8H16BNO2. The largest absolute Gasteiger partial charge is 0.469 e. The number of carbonyl (C=O) groups is 1. The van der Waals surface area contributed by atoms with E-state index in [0.717, 1.165) is 13.0 Å². The van der Waals surface area contributed by atoms with Crippen molar-refractivity contribution in [3.8, 4) is 0 Å². The molecule has 12 heavy (non-hydrogen) atoms. The van der Waals surface area contributed by atoms with Gasteiger partial charge < -0.3 is 9.55 Å². The maximum atomic E-state index is 11.0. The molecule has 1 aliphatic rings. The van der Waals surface area contributed by atoms with Crippen molar-refractivity contribution in [2.24, 2.45) is 0 Å². The highest BCUT2D eigenvalue weighted by atomic mass is 16.5. The Morgan fingerprint density at radius 1 is 1.67 bits per heavy atom. The fourth-order valence-electron chi connectivity index (χ4n) is 1.68. The lowest BCUT2D eigenvalue weighted by Crippen LogP contribution is -2.38. The van der Waals surface area contributed by atoms with Crippen molar-refractivity contribution < 1.29 is 9.53 Å². The maximum absolute atomic E-state index is 11.0. The Labute approximate surface area is 74.5 Å². The molecule has 1 fully saturated rings. The van der Waals surface area contributed by atoms with Gasteiger partial charge in [-0.1, -0.05) is 6.42 Å². The van der Waals surface area contributed by atoms with Gasteiger partial charge in [0.25, 0.3) is 0 Å². The predicted molar refractivity (Wildman–Crippen MR) is 49.5 cm³/mol. The number of ether oxygens (including phenoxy) is 1. The van der Waals surface area contributed by atoms with Crippen LogP contribution in [0.15, 0.2) is 0 Å². The third-order valence-electron chi connectivity index (χ3n) is 2.55. The van der Waals surface area contributed by atoms with E-state index in [-0.39, 0.29) is 5.97 Å². The second-order valence-corrected chi connectivity index (χ2v) is 3.41. The van der Waals surface area contributed by atoms with E-state index in [0.29, 0.717) is 12.5 Å². The van der Waals surface area contributed by atoms with Crippen molar-refractivity contribution in [3.05, 3.63) is 0 Å². The minimum atomic E-state index is -0.0891. The van der Waals surface area contributed by atoms with Crippen LogP contribution in [0.2, 0.25) is 0 Å². The molecule has 1 heterocycles. The second-order valence-electron chi connectivity index (χ2n) is 3.41. The predicted octanol–water partition coefficient (Wildman–Crippen LogP) is -0.0479. The molecule has 0 aromatic rings. The zero-order chi connectivity index (χ0) is 8.97. The summed E-state index contributed by atoms with van der Waals surface area (Å²) in [6, 6.07) is 0.409. The van der Waals surface area contributed by atoms with E-state index in [2.05, 4.69) is 17.5 Å². The van der Waals surface area contributed by atoms with Crippen LogP contribution in [-0.4, -0.2) is 38.5 Å². The molecular weight excluding hydrogens is 153 g/mol. The van der Waals surface area contributed by atoms with Gasteiger partial charge in [0.05, 0.1) is 13.5 Å². The van der Waals surface area contributed by atoms with Crippen molar-refractivity contribution in [3.63, 3.8) is 0 Å². The topological polar surface area (TPSA) is 29.5 Å². The van der Waals surface area contributed by atoms with E-state index in [9.17, 15) is 4.79 Å². The summed E-state index contributed by atoms with van der Waals surface area (Å²) < 4.78 is 4.64. The molecule has 68 valence electrons. The van der Waals surface area contributed by atoms with Gasteiger partial charge in [-0.25, -0.2) is 0 Å². The summed E-state index contributed by atoms with van der Waals surface area (Å²) in [5.74, 6) is -0.0891. The van der Waals surface area contributed by atoms with Crippen molar-refractivity contribution in [1.29, 1.82) is 0 Å². The molecule has 0 spiro atoms. The average molecular weight is 169 g/mol. The van der Waals surface area contributed by atoms with Crippen LogP contribution < -0.4 is 0 Å². The van der Waals surface area contributed by atoms with Gasteiger partial charge >= 0.3 is 5.97 Å². The van der Waals surface area contributed by atoms with Gasteiger partial charge in [0.1, 0.15) is 0 Å². The lowest BCUT2D eigenvalue weighted by molar-refractivity contribution is -0.141. The summed E-state index contributed by atoms with van der Waals surface area (Å²) in [7, 11) is 3.53. The van der Waals surface area contributed by atoms with Crippen LogP contribution >= 0.6 is 0 Å². The first kappa shape index (κ1) is 9.58. The number of piperidine rings is 1. The second kappa shape index (κ2) is 4.50. The first-order valence-electron chi connectivity index (χ1n) is 4.51. The molecule has 0 radical (unpaired) electrons. The molecule has 1 aliphatic heterocycles. The summed E-state index contributed by atoms with van der Waals surface area (Å²) in [4.78, 5) is 13.2. The number of hydrogen-bond acceptors (Lipinski definition) is 3. The van der Waals surface area contributed by atoms with Gasteiger partial charge in [0.15, 0.2) is 7.98 Å². The van der Waals surface area contributed by atoms with Crippen LogP contribution in [0.1, 0.15) is 25.7 Å². The molecule has 1 saturated heterocycles. The maximum Gasteiger partial charge on any atom is 0.307 e. The van der Waals surface area contributed by atoms with Crippen LogP contribution in [0.25, 0.3) is 0 Å². The van der Waals surface area contributed by atoms with E-state index in [1.54, 1.807) is 0 Å². The van der Waals surface area contributed by atoms with Crippen molar-refractivity contribution in [2.75, 3.05) is 13.7 Å². The SMILES string of the molecule is BN1CCCC[C@H]1CC(=O)OC. The van der Waals surface area contributed by atoms with E-state index in [4.69, 9.17) is 0 Å². The lowest BCUT2D eigenvalue weighted by Gasteiger charge is -2.32. The van der Waals surface area contributed by atoms with Crippen molar-refractivity contribution in [1.82, 2.24) is 4.81 Å². The molecule has 1 rings (SSSR count). The first-order chi connectivity index (χ1) is 5.74. The summed E-state index contributed by atoms with van der Waals surface area (Å²) in [6.45, 7) is 1.11. The molecule has 0 unspecified atom stereocenters. The summed E-state index contributed by atoms with van der Waals surface area (Å²) in [5, 5.41) is 0. The first-order valence-corrected chi connectivity index (χ1v) is 4.51. The molecule has 1 atom stereocenters. The standard InChI is InChI=1S/C8H16BNO2/c1-12-8(11)6-7-4-2-3-5-10(7)9/h7H,2-6,9H2,1H3/t7-/m0/s1. The van der Waals surface area contributed by atoms with Gasteiger partial charge in [-0.15, -0.1) is 0 Å². The number of nitrogens with zero attached hydrogens (tertiary/aromatic N) is 1. The highest BCUT2D eigenvalue weighted by molar-refractivity contribution is 6.04. The third-order valence-corrected chi connectivity index (χ3v) is 2.55. The fourth-order valence-corrected chi connectivity index (χ4v) is 1.68. The molecule has 3 nitrogen and oxygen atoms in total. The summed E-state index contributed by atoms with van der Waals surface area (Å²) in [6.07, 6.45) is 4.18. The zero-order valence-electron chi connectivity index (χ0n) is 7.88. The van der Waals surface area contributed by atoms with Crippen LogP contribution in [-0.2, 0) is 9.53 Å². The Morgan fingerprint density at radius 2 is 2.42 bits per heavy atom. The molecule has 0 N–H and O–H groups in total. The third kappa shape index (κ3) is 2.52. The Morgan fingerprint density at radius 3 is 3.00 bits per heavy atom. The number of hydrogen-bond donors (Lipinski definition) is 0. The summed E-state index contributed by atoms with van der Waals surface area (Å²) in [5.41, 5.74) is 0. The van der Waals surface area contributed by atoms with Gasteiger partial charge in [-0.2, -0.15) is 0 Å². The molecule has 0 saturated carbocycles. The zero-order valence-corrected chi connectivity index (χ0v) is 7.88. The van der Waals surface area contributed by atoms with E-state index in [1.807, 2.05) is 0 Å².